The van der Waals surface area contributed by atoms with Crippen LogP contribution in [-0.2, 0) is 13.1 Å². The van der Waals surface area contributed by atoms with Crippen LogP contribution in [0.1, 0.15) is 45.7 Å². The number of ether oxygens (including phenoxy) is 1. The minimum Gasteiger partial charge on any atom is -0.493 e. The third-order valence-corrected chi connectivity index (χ3v) is 5.89. The van der Waals surface area contributed by atoms with E-state index in [0.29, 0.717) is 18.7 Å². The SMILES string of the molecule is Cc1ccc(C(=O)NCc2nc3ccccc3n2CCCCOc2c(C)cccc2C)cc1. The number of para-hydroxylation sites is 3. The molecule has 0 saturated carbocycles. The maximum Gasteiger partial charge on any atom is 0.251 e. The fourth-order valence-corrected chi connectivity index (χ4v) is 4.05. The van der Waals surface area contributed by atoms with Crippen LogP contribution in [0.15, 0.2) is 66.7 Å². The molecule has 170 valence electrons. The van der Waals surface area contributed by atoms with Crippen LogP contribution in [0.3, 0.4) is 0 Å². The third-order valence-electron chi connectivity index (χ3n) is 5.89. The molecule has 0 spiro atoms. The summed E-state index contributed by atoms with van der Waals surface area (Å²) in [7, 11) is 0. The fraction of sp³-hybridized carbons (Fsp3) is 0.286. The molecular weight excluding hydrogens is 410 g/mol. The predicted octanol–water partition coefficient (Wildman–Crippen LogP) is 5.75. The zero-order valence-corrected chi connectivity index (χ0v) is 19.6. The van der Waals surface area contributed by atoms with Crippen LogP contribution in [-0.4, -0.2) is 22.1 Å². The number of hydrogen-bond donors (Lipinski definition) is 1. The molecule has 0 aliphatic carbocycles. The second-order valence-electron chi connectivity index (χ2n) is 8.49. The van der Waals surface area contributed by atoms with Crippen molar-refractivity contribution in [3.63, 3.8) is 0 Å². The van der Waals surface area contributed by atoms with Crippen molar-refractivity contribution in [1.29, 1.82) is 0 Å². The smallest absolute Gasteiger partial charge is 0.251 e. The van der Waals surface area contributed by atoms with Gasteiger partial charge in [0.15, 0.2) is 0 Å². The Morgan fingerprint density at radius 2 is 1.64 bits per heavy atom. The molecule has 3 aromatic carbocycles. The Balaban J connectivity index is 1.38. The first-order chi connectivity index (χ1) is 16.0. The number of nitrogens with one attached hydrogen (secondary N) is 1. The van der Waals surface area contributed by atoms with E-state index in [9.17, 15) is 4.79 Å². The van der Waals surface area contributed by atoms with Crippen LogP contribution in [0.25, 0.3) is 11.0 Å². The highest BCUT2D eigenvalue weighted by Crippen LogP contribution is 2.23. The number of hydrogen-bond acceptors (Lipinski definition) is 3. The summed E-state index contributed by atoms with van der Waals surface area (Å²) in [5, 5.41) is 3.02. The van der Waals surface area contributed by atoms with Crippen molar-refractivity contribution >= 4 is 16.9 Å². The molecule has 5 nitrogen and oxygen atoms in total. The van der Waals surface area contributed by atoms with Gasteiger partial charge in [-0.1, -0.05) is 48.0 Å². The Morgan fingerprint density at radius 1 is 0.909 bits per heavy atom. The Hall–Kier alpha value is -3.60. The van der Waals surface area contributed by atoms with Crippen LogP contribution >= 0.6 is 0 Å². The van der Waals surface area contributed by atoms with Crippen molar-refractivity contribution in [3.8, 4) is 5.75 Å². The largest absolute Gasteiger partial charge is 0.493 e. The summed E-state index contributed by atoms with van der Waals surface area (Å²) in [4.78, 5) is 17.4. The molecule has 0 saturated heterocycles. The zero-order chi connectivity index (χ0) is 23.2. The molecule has 0 atom stereocenters. The molecule has 0 fully saturated rings. The lowest BCUT2D eigenvalue weighted by atomic mass is 10.1. The molecule has 0 radical (unpaired) electrons. The highest BCUT2D eigenvalue weighted by atomic mass is 16.5. The summed E-state index contributed by atoms with van der Waals surface area (Å²) in [6.07, 6.45) is 1.90. The van der Waals surface area contributed by atoms with Gasteiger partial charge in [0.1, 0.15) is 11.6 Å². The van der Waals surface area contributed by atoms with E-state index in [-0.39, 0.29) is 5.91 Å². The molecule has 1 N–H and O–H groups in total. The Morgan fingerprint density at radius 3 is 2.39 bits per heavy atom. The van der Waals surface area contributed by atoms with Crippen molar-refractivity contribution in [1.82, 2.24) is 14.9 Å². The van der Waals surface area contributed by atoms with Gasteiger partial charge in [0.2, 0.25) is 0 Å². The molecule has 0 bridgehead atoms. The second-order valence-corrected chi connectivity index (χ2v) is 8.49. The molecule has 0 aliphatic heterocycles. The summed E-state index contributed by atoms with van der Waals surface area (Å²) in [6.45, 7) is 8.07. The zero-order valence-electron chi connectivity index (χ0n) is 19.6. The van der Waals surface area contributed by atoms with Gasteiger partial charge in [0, 0.05) is 12.1 Å². The Kier molecular flexibility index (Phi) is 7.08. The van der Waals surface area contributed by atoms with Crippen molar-refractivity contribution in [2.24, 2.45) is 0 Å². The maximum absolute atomic E-state index is 12.6. The first-order valence-electron chi connectivity index (χ1n) is 11.5. The predicted molar refractivity (Wildman–Crippen MR) is 133 cm³/mol. The number of aryl methyl sites for hydroxylation is 4. The monoisotopic (exact) mass is 441 g/mol. The molecule has 33 heavy (non-hydrogen) atoms. The van der Waals surface area contributed by atoms with Gasteiger partial charge < -0.3 is 14.6 Å². The standard InChI is InChI=1S/C28H31N3O2/c1-20-13-15-23(16-14-20)28(32)29-19-26-30-24-11-4-5-12-25(24)31(26)17-6-7-18-33-27-21(2)9-8-10-22(27)3/h4-5,8-16H,6-7,17-19H2,1-3H3,(H,29,32). The quantitative estimate of drug-likeness (QED) is 0.337. The highest BCUT2D eigenvalue weighted by Gasteiger charge is 2.12. The highest BCUT2D eigenvalue weighted by molar-refractivity contribution is 5.94. The van der Waals surface area contributed by atoms with Crippen molar-refractivity contribution in [2.45, 2.75) is 46.7 Å². The fourth-order valence-electron chi connectivity index (χ4n) is 4.05. The second kappa shape index (κ2) is 10.3. The molecule has 5 heteroatoms. The number of unbranched alkanes of at least 4 members (excludes halogenated alkanes) is 1. The minimum absolute atomic E-state index is 0.0874. The van der Waals surface area contributed by atoms with Crippen molar-refractivity contribution in [3.05, 3.63) is 94.8 Å². The number of aromatic nitrogens is 2. The lowest BCUT2D eigenvalue weighted by Crippen LogP contribution is -2.24. The summed E-state index contributed by atoms with van der Waals surface area (Å²) in [6, 6.07) is 21.9. The topological polar surface area (TPSA) is 56.2 Å². The molecule has 0 unspecified atom stereocenters. The third kappa shape index (κ3) is 5.43. The number of imidazole rings is 1. The number of fused-ring (bicyclic) bond motifs is 1. The summed E-state index contributed by atoms with van der Waals surface area (Å²) < 4.78 is 8.27. The number of nitrogens with zero attached hydrogens (tertiary/aromatic N) is 2. The molecule has 4 rings (SSSR count). The van der Waals surface area contributed by atoms with E-state index in [4.69, 9.17) is 9.72 Å². The van der Waals surface area contributed by atoms with Gasteiger partial charge in [-0.15, -0.1) is 0 Å². The van der Waals surface area contributed by atoms with Crippen LogP contribution in [0.5, 0.6) is 5.75 Å². The van der Waals surface area contributed by atoms with Gasteiger partial charge >= 0.3 is 0 Å². The van der Waals surface area contributed by atoms with Crippen molar-refractivity contribution < 1.29 is 9.53 Å². The molecule has 0 aliphatic rings. The number of rotatable bonds is 9. The Bertz CT molecular complexity index is 1220. The van der Waals surface area contributed by atoms with E-state index in [1.807, 2.05) is 49.4 Å². The van der Waals surface area contributed by atoms with E-state index >= 15 is 0 Å². The number of carbonyl (C=O) groups is 1. The normalized spacial score (nSPS) is 11.0. The molecule has 1 amide bonds. The molecule has 1 heterocycles. The number of benzene rings is 3. The first kappa shape index (κ1) is 22.6. The Labute approximate surface area is 195 Å². The average molecular weight is 442 g/mol. The summed E-state index contributed by atoms with van der Waals surface area (Å²) in [5.41, 5.74) is 6.17. The van der Waals surface area contributed by atoms with Gasteiger partial charge in [0.25, 0.3) is 5.91 Å². The lowest BCUT2D eigenvalue weighted by molar-refractivity contribution is 0.0949. The molecule has 4 aromatic rings. The van der Waals surface area contributed by atoms with E-state index in [1.165, 1.54) is 11.1 Å². The van der Waals surface area contributed by atoms with Gasteiger partial charge in [-0.3, -0.25) is 4.79 Å². The van der Waals surface area contributed by atoms with Crippen molar-refractivity contribution in [2.75, 3.05) is 6.61 Å². The average Bonchev–Trinajstić information content (AvgIpc) is 3.17. The lowest BCUT2D eigenvalue weighted by Gasteiger charge is -2.13. The number of amides is 1. The van der Waals surface area contributed by atoms with Crippen LogP contribution < -0.4 is 10.1 Å². The van der Waals surface area contributed by atoms with E-state index in [0.717, 1.165) is 47.6 Å². The van der Waals surface area contributed by atoms with Gasteiger partial charge in [-0.05, 0) is 69.0 Å². The van der Waals surface area contributed by atoms with Gasteiger partial charge in [-0.25, -0.2) is 4.98 Å². The first-order valence-corrected chi connectivity index (χ1v) is 11.5. The van der Waals surface area contributed by atoms with Crippen LogP contribution in [0.2, 0.25) is 0 Å². The minimum atomic E-state index is -0.0874. The summed E-state index contributed by atoms with van der Waals surface area (Å²) in [5.74, 6) is 1.77. The van der Waals surface area contributed by atoms with E-state index in [1.54, 1.807) is 0 Å². The van der Waals surface area contributed by atoms with Crippen LogP contribution in [0, 0.1) is 20.8 Å². The van der Waals surface area contributed by atoms with Gasteiger partial charge in [-0.2, -0.15) is 0 Å². The maximum atomic E-state index is 12.6. The van der Waals surface area contributed by atoms with E-state index < -0.39 is 0 Å². The van der Waals surface area contributed by atoms with Crippen LogP contribution in [0.4, 0.5) is 0 Å². The summed E-state index contributed by atoms with van der Waals surface area (Å²) >= 11 is 0. The van der Waals surface area contributed by atoms with E-state index in [2.05, 4.69) is 48.0 Å². The number of carbonyl (C=O) groups excluding carboxylic acids is 1. The molecular formula is C28H31N3O2. The molecule has 1 aromatic heterocycles. The van der Waals surface area contributed by atoms with Gasteiger partial charge in [0.05, 0.1) is 24.2 Å².